The Morgan fingerprint density at radius 2 is 2.33 bits per heavy atom. The second-order valence-corrected chi connectivity index (χ2v) is 5.82. The number of carbonyl (C=O) groups excluding carboxylic acids is 1. The van der Waals surface area contributed by atoms with Crippen LogP contribution in [-0.2, 0) is 17.7 Å². The largest absolute Gasteiger partial charge is 0.456 e. The van der Waals surface area contributed by atoms with E-state index >= 15 is 0 Å². The Balaban J connectivity index is 2.20. The van der Waals surface area contributed by atoms with E-state index in [0.29, 0.717) is 18.0 Å². The molecule has 1 aliphatic heterocycles. The van der Waals surface area contributed by atoms with Crippen molar-refractivity contribution in [2.75, 3.05) is 6.54 Å². The minimum atomic E-state index is -0.478. The van der Waals surface area contributed by atoms with E-state index in [1.165, 1.54) is 0 Å². The van der Waals surface area contributed by atoms with Gasteiger partial charge in [-0.1, -0.05) is 0 Å². The molecule has 0 bridgehead atoms. The third-order valence-corrected chi connectivity index (χ3v) is 3.13. The summed E-state index contributed by atoms with van der Waals surface area (Å²) in [5.41, 5.74) is 6.78. The summed E-state index contributed by atoms with van der Waals surface area (Å²) in [6.45, 7) is 7.08. The van der Waals surface area contributed by atoms with Crippen molar-refractivity contribution in [1.29, 1.82) is 0 Å². The van der Waals surface area contributed by atoms with Crippen molar-refractivity contribution < 1.29 is 9.53 Å². The molecule has 0 fully saturated rings. The molecule has 2 rings (SSSR count). The minimum Gasteiger partial charge on any atom is -0.456 e. The fourth-order valence-electron chi connectivity index (χ4n) is 2.20. The van der Waals surface area contributed by atoms with Gasteiger partial charge in [-0.05, 0) is 46.1 Å². The van der Waals surface area contributed by atoms with Crippen LogP contribution in [0.15, 0.2) is 6.20 Å². The summed E-state index contributed by atoms with van der Waals surface area (Å²) in [6.07, 6.45) is 3.45. The Kier molecular flexibility index (Phi) is 3.43. The highest BCUT2D eigenvalue weighted by Gasteiger charge is 2.27. The molecule has 0 aliphatic carbocycles. The first-order valence-corrected chi connectivity index (χ1v) is 6.39. The van der Waals surface area contributed by atoms with Crippen LogP contribution in [0.4, 0.5) is 0 Å². The zero-order chi connectivity index (χ0) is 13.3. The summed E-state index contributed by atoms with van der Waals surface area (Å²) < 4.78 is 7.29. The van der Waals surface area contributed by atoms with E-state index in [1.54, 1.807) is 6.20 Å². The Bertz CT molecular complexity index is 446. The molecule has 5 heteroatoms. The van der Waals surface area contributed by atoms with Gasteiger partial charge in [-0.3, -0.25) is 4.68 Å². The van der Waals surface area contributed by atoms with Gasteiger partial charge in [0.25, 0.3) is 0 Å². The molecular weight excluding hydrogens is 230 g/mol. The van der Waals surface area contributed by atoms with Crippen molar-refractivity contribution in [3.63, 3.8) is 0 Å². The lowest BCUT2D eigenvalue weighted by molar-refractivity contribution is 0.00676. The van der Waals surface area contributed by atoms with Crippen molar-refractivity contribution in [3.8, 4) is 0 Å². The van der Waals surface area contributed by atoms with E-state index in [9.17, 15) is 4.79 Å². The predicted octanol–water partition coefficient (Wildman–Crippen LogP) is 1.36. The smallest absolute Gasteiger partial charge is 0.342 e. The zero-order valence-electron chi connectivity index (χ0n) is 11.3. The molecule has 1 aliphatic rings. The lowest BCUT2D eigenvalue weighted by Gasteiger charge is -2.23. The molecule has 2 heterocycles. The maximum Gasteiger partial charge on any atom is 0.342 e. The van der Waals surface area contributed by atoms with E-state index < -0.39 is 5.60 Å². The lowest BCUT2D eigenvalue weighted by Crippen LogP contribution is -2.28. The van der Waals surface area contributed by atoms with Crippen LogP contribution in [0.25, 0.3) is 0 Å². The van der Waals surface area contributed by atoms with Crippen LogP contribution in [0.3, 0.4) is 0 Å². The van der Waals surface area contributed by atoms with E-state index in [0.717, 1.165) is 25.1 Å². The van der Waals surface area contributed by atoms with Crippen molar-refractivity contribution in [3.05, 3.63) is 17.5 Å². The van der Waals surface area contributed by atoms with E-state index in [2.05, 4.69) is 5.10 Å². The van der Waals surface area contributed by atoms with Crippen molar-refractivity contribution in [2.45, 2.75) is 45.8 Å². The molecular formula is C13H21N3O2. The van der Waals surface area contributed by atoms with Gasteiger partial charge in [-0.25, -0.2) is 4.79 Å². The fraction of sp³-hybridized carbons (Fsp3) is 0.692. The standard InChI is InChI=1S/C13H21N3O2/c1-13(2,3)18-12(17)10-8-15-16-5-4-9(7-14)6-11(10)16/h8-9H,4-7,14H2,1-3H3. The van der Waals surface area contributed by atoms with Crippen LogP contribution >= 0.6 is 0 Å². The summed E-state index contributed by atoms with van der Waals surface area (Å²) in [7, 11) is 0. The normalized spacial score (nSPS) is 19.4. The first-order chi connectivity index (χ1) is 8.40. The van der Waals surface area contributed by atoms with E-state index in [4.69, 9.17) is 10.5 Å². The number of rotatable bonds is 2. The number of aromatic nitrogens is 2. The average Bonchev–Trinajstić information content (AvgIpc) is 2.69. The number of fused-ring (bicyclic) bond motifs is 1. The maximum absolute atomic E-state index is 12.1. The minimum absolute atomic E-state index is 0.290. The SMILES string of the molecule is CC(C)(C)OC(=O)c1cnn2c1CC(CN)CC2. The van der Waals surface area contributed by atoms with Crippen LogP contribution in [0.5, 0.6) is 0 Å². The number of esters is 1. The first-order valence-electron chi connectivity index (χ1n) is 6.39. The second kappa shape index (κ2) is 4.72. The summed E-state index contributed by atoms with van der Waals surface area (Å²) in [5.74, 6) is 0.150. The molecule has 1 aromatic rings. The topological polar surface area (TPSA) is 70.1 Å². The molecule has 5 nitrogen and oxygen atoms in total. The van der Waals surface area contributed by atoms with Crippen molar-refractivity contribution in [1.82, 2.24) is 9.78 Å². The number of hydrogen-bond acceptors (Lipinski definition) is 4. The Hall–Kier alpha value is -1.36. The number of carbonyl (C=O) groups is 1. The summed E-state index contributed by atoms with van der Waals surface area (Å²) in [6, 6.07) is 0. The van der Waals surface area contributed by atoms with Crippen LogP contribution in [-0.4, -0.2) is 27.9 Å². The molecule has 0 saturated carbocycles. The molecule has 0 amide bonds. The molecule has 2 N–H and O–H groups in total. The van der Waals surface area contributed by atoms with Gasteiger partial charge < -0.3 is 10.5 Å². The van der Waals surface area contributed by atoms with Crippen LogP contribution in [0.2, 0.25) is 0 Å². The molecule has 0 aromatic carbocycles. The lowest BCUT2D eigenvalue weighted by atomic mass is 9.94. The van der Waals surface area contributed by atoms with Gasteiger partial charge in [-0.15, -0.1) is 0 Å². The highest BCUT2D eigenvalue weighted by molar-refractivity contribution is 5.90. The Morgan fingerprint density at radius 3 is 2.94 bits per heavy atom. The quantitative estimate of drug-likeness (QED) is 0.806. The summed E-state index contributed by atoms with van der Waals surface area (Å²) >= 11 is 0. The Labute approximate surface area is 107 Å². The molecule has 0 spiro atoms. The molecule has 18 heavy (non-hydrogen) atoms. The van der Waals surface area contributed by atoms with Gasteiger partial charge in [0.1, 0.15) is 11.2 Å². The zero-order valence-corrected chi connectivity index (χ0v) is 11.3. The Morgan fingerprint density at radius 1 is 1.61 bits per heavy atom. The predicted molar refractivity (Wildman–Crippen MR) is 68.3 cm³/mol. The van der Waals surface area contributed by atoms with Crippen molar-refractivity contribution in [2.24, 2.45) is 11.7 Å². The number of nitrogens with two attached hydrogens (primary N) is 1. The van der Waals surface area contributed by atoms with Gasteiger partial charge >= 0.3 is 5.97 Å². The van der Waals surface area contributed by atoms with Gasteiger partial charge in [0, 0.05) is 6.54 Å². The number of ether oxygens (including phenoxy) is 1. The summed E-state index contributed by atoms with van der Waals surface area (Å²) in [4.78, 5) is 12.1. The first kappa shape index (κ1) is 13.1. The van der Waals surface area contributed by atoms with Crippen molar-refractivity contribution >= 4 is 5.97 Å². The van der Waals surface area contributed by atoms with E-state index in [-0.39, 0.29) is 5.97 Å². The van der Waals surface area contributed by atoms with Gasteiger partial charge in [0.05, 0.1) is 11.9 Å². The van der Waals surface area contributed by atoms with Gasteiger partial charge in [0.15, 0.2) is 0 Å². The highest BCUT2D eigenvalue weighted by Crippen LogP contribution is 2.24. The molecule has 1 unspecified atom stereocenters. The number of aryl methyl sites for hydroxylation is 1. The average molecular weight is 251 g/mol. The third-order valence-electron chi connectivity index (χ3n) is 3.13. The number of nitrogens with zero attached hydrogens (tertiary/aromatic N) is 2. The van der Waals surface area contributed by atoms with Gasteiger partial charge in [0.2, 0.25) is 0 Å². The molecule has 100 valence electrons. The third kappa shape index (κ3) is 2.72. The fourth-order valence-corrected chi connectivity index (χ4v) is 2.20. The van der Waals surface area contributed by atoms with Crippen LogP contribution in [0.1, 0.15) is 43.2 Å². The van der Waals surface area contributed by atoms with Crippen LogP contribution < -0.4 is 5.73 Å². The highest BCUT2D eigenvalue weighted by atomic mass is 16.6. The molecule has 0 saturated heterocycles. The van der Waals surface area contributed by atoms with E-state index in [1.807, 2.05) is 25.5 Å². The molecule has 0 radical (unpaired) electrons. The molecule has 1 aromatic heterocycles. The van der Waals surface area contributed by atoms with Gasteiger partial charge in [-0.2, -0.15) is 5.10 Å². The second-order valence-electron chi connectivity index (χ2n) is 5.82. The summed E-state index contributed by atoms with van der Waals surface area (Å²) in [5, 5.41) is 4.25. The maximum atomic E-state index is 12.1. The number of hydrogen-bond donors (Lipinski definition) is 1. The molecule has 1 atom stereocenters. The monoisotopic (exact) mass is 251 g/mol. The van der Waals surface area contributed by atoms with Crippen LogP contribution in [0, 0.1) is 5.92 Å².